The molecular weight excluding hydrogens is 280 g/mol. The van der Waals surface area contributed by atoms with Crippen molar-refractivity contribution in [1.29, 1.82) is 5.26 Å². The minimum atomic E-state index is 0.469. The number of hydrogen-bond donors (Lipinski definition) is 0. The van der Waals surface area contributed by atoms with Crippen LogP contribution in [-0.2, 0) is 0 Å². The molecule has 0 saturated heterocycles. The van der Waals surface area contributed by atoms with Crippen LogP contribution in [0.1, 0.15) is 5.69 Å². The first-order chi connectivity index (χ1) is 8.28. The lowest BCUT2D eigenvalue weighted by molar-refractivity contribution is 0.462. The maximum atomic E-state index is 8.54. The van der Waals surface area contributed by atoms with Gasteiger partial charge in [0.1, 0.15) is 12.2 Å². The van der Waals surface area contributed by atoms with E-state index in [1.165, 1.54) is 6.42 Å². The third kappa shape index (κ3) is 3.30. The molecule has 0 atom stereocenters. The second kappa shape index (κ2) is 5.46. The van der Waals surface area contributed by atoms with Gasteiger partial charge >= 0.3 is 0 Å². The van der Waals surface area contributed by atoms with Gasteiger partial charge in [-0.1, -0.05) is 22.0 Å². The van der Waals surface area contributed by atoms with Gasteiger partial charge in [-0.05, 0) is 30.3 Å². The van der Waals surface area contributed by atoms with Crippen molar-refractivity contribution in [3.05, 3.63) is 59.1 Å². The molecule has 0 aliphatic rings. The zero-order chi connectivity index (χ0) is 12.1. The van der Waals surface area contributed by atoms with E-state index in [2.05, 4.69) is 20.9 Å². The molecule has 0 aliphatic carbocycles. The molecule has 0 N–H and O–H groups in total. The van der Waals surface area contributed by atoms with Crippen molar-refractivity contribution in [3.63, 3.8) is 0 Å². The molecule has 0 aliphatic heterocycles. The molecule has 0 spiro atoms. The molecule has 1 radical (unpaired) electrons. The molecule has 2 rings (SSSR count). The molecule has 1 aromatic carbocycles. The number of nitrogens with zero attached hydrogens (tertiary/aromatic N) is 2. The highest BCUT2D eigenvalue weighted by Crippen LogP contribution is 2.21. The number of nitriles is 1. The number of halogens is 1. The first-order valence-corrected chi connectivity index (χ1v) is 5.70. The van der Waals surface area contributed by atoms with Crippen LogP contribution >= 0.6 is 15.9 Å². The van der Waals surface area contributed by atoms with Crippen LogP contribution in [0.5, 0.6) is 11.6 Å². The van der Waals surface area contributed by atoms with E-state index in [9.17, 15) is 0 Å². The van der Waals surface area contributed by atoms with E-state index in [4.69, 9.17) is 10.00 Å². The fraction of sp³-hybridized carbons (Fsp3) is 0. The van der Waals surface area contributed by atoms with Crippen LogP contribution in [0.2, 0.25) is 0 Å². The van der Waals surface area contributed by atoms with Gasteiger partial charge in [-0.3, -0.25) is 0 Å². The standard InChI is InChI=1S/C13H8BrN2O/c14-10-4-6-12(7-5-10)17-13-3-1-2-11(16-13)8-9-15/h1-8H. The lowest BCUT2D eigenvalue weighted by atomic mass is 10.3. The molecule has 1 aromatic heterocycles. The van der Waals surface area contributed by atoms with Crippen molar-refractivity contribution in [2.24, 2.45) is 0 Å². The number of aromatic nitrogens is 1. The summed E-state index contributed by atoms with van der Waals surface area (Å²) in [5.74, 6) is 1.17. The maximum Gasteiger partial charge on any atom is 0.219 e. The molecule has 2 aromatic rings. The van der Waals surface area contributed by atoms with Crippen molar-refractivity contribution in [1.82, 2.24) is 4.98 Å². The average Bonchev–Trinajstić information content (AvgIpc) is 2.33. The normalized spacial score (nSPS) is 9.65. The van der Waals surface area contributed by atoms with Crippen LogP contribution in [0.25, 0.3) is 0 Å². The summed E-state index contributed by atoms with van der Waals surface area (Å²) < 4.78 is 6.55. The third-order valence-corrected chi connectivity index (χ3v) is 2.52. The fourth-order valence-corrected chi connectivity index (χ4v) is 1.52. The molecule has 0 amide bonds. The minimum Gasteiger partial charge on any atom is -0.439 e. The summed E-state index contributed by atoms with van der Waals surface area (Å²) in [5.41, 5.74) is 0.585. The minimum absolute atomic E-state index is 0.469. The summed E-state index contributed by atoms with van der Waals surface area (Å²) in [6.45, 7) is 0. The predicted molar refractivity (Wildman–Crippen MR) is 67.5 cm³/mol. The van der Waals surface area contributed by atoms with Gasteiger partial charge in [-0.15, -0.1) is 0 Å². The SMILES string of the molecule is N#C[CH]c1cccc(Oc2ccc(Br)cc2)n1. The third-order valence-electron chi connectivity index (χ3n) is 1.99. The van der Waals surface area contributed by atoms with E-state index in [0.717, 1.165) is 4.47 Å². The fourth-order valence-electron chi connectivity index (χ4n) is 1.26. The molecule has 83 valence electrons. The van der Waals surface area contributed by atoms with Gasteiger partial charge in [0, 0.05) is 10.5 Å². The summed E-state index contributed by atoms with van der Waals surface area (Å²) in [5, 5.41) is 8.54. The molecule has 0 unspecified atom stereocenters. The molecule has 0 bridgehead atoms. The highest BCUT2D eigenvalue weighted by Gasteiger charge is 2.00. The Morgan fingerprint density at radius 3 is 2.65 bits per heavy atom. The second-order valence-electron chi connectivity index (χ2n) is 3.23. The Morgan fingerprint density at radius 1 is 1.18 bits per heavy atom. The number of ether oxygens (including phenoxy) is 1. The van der Waals surface area contributed by atoms with Crippen LogP contribution < -0.4 is 4.74 Å². The van der Waals surface area contributed by atoms with Crippen LogP contribution in [0.15, 0.2) is 46.9 Å². The Balaban J connectivity index is 2.16. The number of hydrogen-bond acceptors (Lipinski definition) is 3. The summed E-state index contributed by atoms with van der Waals surface area (Å²) in [6, 6.07) is 14.7. The lowest BCUT2D eigenvalue weighted by Crippen LogP contribution is -1.91. The smallest absolute Gasteiger partial charge is 0.219 e. The van der Waals surface area contributed by atoms with Gasteiger partial charge in [0.2, 0.25) is 5.88 Å². The van der Waals surface area contributed by atoms with Crippen molar-refractivity contribution >= 4 is 15.9 Å². The Labute approximate surface area is 108 Å². The monoisotopic (exact) mass is 287 g/mol. The summed E-state index contributed by atoms with van der Waals surface area (Å²) in [4.78, 5) is 4.17. The van der Waals surface area contributed by atoms with E-state index in [1.54, 1.807) is 18.2 Å². The van der Waals surface area contributed by atoms with Crippen LogP contribution in [0.3, 0.4) is 0 Å². The molecule has 17 heavy (non-hydrogen) atoms. The van der Waals surface area contributed by atoms with Gasteiger partial charge in [-0.25, -0.2) is 4.98 Å². The predicted octanol–water partition coefficient (Wildman–Crippen LogP) is 3.71. The number of benzene rings is 1. The van der Waals surface area contributed by atoms with Crippen LogP contribution in [-0.4, -0.2) is 4.98 Å². The zero-order valence-corrected chi connectivity index (χ0v) is 10.4. The van der Waals surface area contributed by atoms with Crippen LogP contribution in [0.4, 0.5) is 0 Å². The van der Waals surface area contributed by atoms with E-state index < -0.39 is 0 Å². The first-order valence-electron chi connectivity index (χ1n) is 4.91. The molecule has 1 heterocycles. The quantitative estimate of drug-likeness (QED) is 0.864. The lowest BCUT2D eigenvalue weighted by Gasteiger charge is -2.05. The van der Waals surface area contributed by atoms with Gasteiger partial charge in [0.15, 0.2) is 0 Å². The van der Waals surface area contributed by atoms with Crippen molar-refractivity contribution in [2.75, 3.05) is 0 Å². The second-order valence-corrected chi connectivity index (χ2v) is 4.15. The summed E-state index contributed by atoms with van der Waals surface area (Å²) in [6.07, 6.45) is 1.37. The summed E-state index contributed by atoms with van der Waals surface area (Å²) >= 11 is 3.35. The number of pyridine rings is 1. The Hall–Kier alpha value is -1.86. The van der Waals surface area contributed by atoms with Gasteiger partial charge in [0.25, 0.3) is 0 Å². The molecule has 0 fully saturated rings. The number of rotatable bonds is 3. The topological polar surface area (TPSA) is 45.9 Å². The van der Waals surface area contributed by atoms with Gasteiger partial charge < -0.3 is 4.74 Å². The maximum absolute atomic E-state index is 8.54. The Kier molecular flexibility index (Phi) is 3.73. The largest absolute Gasteiger partial charge is 0.439 e. The van der Waals surface area contributed by atoms with Crippen molar-refractivity contribution < 1.29 is 4.74 Å². The van der Waals surface area contributed by atoms with Crippen molar-refractivity contribution in [3.8, 4) is 17.7 Å². The van der Waals surface area contributed by atoms with E-state index in [-0.39, 0.29) is 0 Å². The molecule has 3 nitrogen and oxygen atoms in total. The zero-order valence-electron chi connectivity index (χ0n) is 8.80. The van der Waals surface area contributed by atoms with E-state index in [0.29, 0.717) is 17.3 Å². The molecule has 0 saturated carbocycles. The first kappa shape index (κ1) is 11.6. The average molecular weight is 288 g/mol. The van der Waals surface area contributed by atoms with E-state index >= 15 is 0 Å². The highest BCUT2D eigenvalue weighted by molar-refractivity contribution is 9.10. The molecular formula is C13H8BrN2O. The van der Waals surface area contributed by atoms with Gasteiger partial charge in [0.05, 0.1) is 11.8 Å². The molecule has 4 heteroatoms. The van der Waals surface area contributed by atoms with Gasteiger partial charge in [-0.2, -0.15) is 5.26 Å². The Morgan fingerprint density at radius 2 is 1.94 bits per heavy atom. The van der Waals surface area contributed by atoms with Crippen molar-refractivity contribution in [2.45, 2.75) is 0 Å². The van der Waals surface area contributed by atoms with Crippen LogP contribution in [0, 0.1) is 17.8 Å². The Bertz CT molecular complexity index is 546. The van der Waals surface area contributed by atoms with E-state index in [1.807, 2.05) is 30.3 Å². The highest BCUT2D eigenvalue weighted by atomic mass is 79.9. The summed E-state index contributed by atoms with van der Waals surface area (Å²) in [7, 11) is 0.